The summed E-state index contributed by atoms with van der Waals surface area (Å²) in [5, 5.41) is 2.14. The lowest BCUT2D eigenvalue weighted by Gasteiger charge is -2.32. The number of aryl methyl sites for hydroxylation is 1. The van der Waals surface area contributed by atoms with E-state index in [2.05, 4.69) is 27.3 Å². The Hall–Kier alpha value is -3.12. The average Bonchev–Trinajstić information content (AvgIpc) is 3.45. The molecule has 2 aromatic heterocycles. The number of nitrogens with zero attached hydrogens (tertiary/aromatic N) is 1. The quantitative estimate of drug-likeness (QED) is 0.279. The van der Waals surface area contributed by atoms with Crippen LogP contribution < -0.4 is 0 Å². The standard InChI is InChI=1S/C27H30FN3O2/c1-33-27(32)19-5-7-25-22(14-19)20(16-29-25)4-2-3-11-31-12-9-18(10-13-31)24-17-30-26-8-6-21(28)15-23(24)26/h5-8,14-18,29-30H,2-4,9-13H2,1H3. The number of carbonyl (C=O) groups is 1. The molecule has 1 fully saturated rings. The summed E-state index contributed by atoms with van der Waals surface area (Å²) >= 11 is 0. The molecular weight excluding hydrogens is 417 g/mol. The topological polar surface area (TPSA) is 61.1 Å². The number of aromatic amines is 2. The van der Waals surface area contributed by atoms with Gasteiger partial charge in [0.2, 0.25) is 0 Å². The zero-order valence-electron chi connectivity index (χ0n) is 19.0. The molecule has 3 heterocycles. The van der Waals surface area contributed by atoms with Crippen LogP contribution in [0.15, 0.2) is 48.8 Å². The van der Waals surface area contributed by atoms with Crippen LogP contribution in [0.1, 0.15) is 53.1 Å². The van der Waals surface area contributed by atoms with Crippen LogP contribution >= 0.6 is 0 Å². The lowest BCUT2D eigenvalue weighted by Crippen LogP contribution is -2.33. The number of fused-ring (bicyclic) bond motifs is 2. The third-order valence-electron chi connectivity index (χ3n) is 7.06. The predicted molar refractivity (Wildman–Crippen MR) is 129 cm³/mol. The summed E-state index contributed by atoms with van der Waals surface area (Å²) in [7, 11) is 1.41. The van der Waals surface area contributed by atoms with E-state index in [9.17, 15) is 9.18 Å². The third kappa shape index (κ3) is 4.53. The van der Waals surface area contributed by atoms with Crippen LogP contribution in [0.5, 0.6) is 0 Å². The van der Waals surface area contributed by atoms with Crippen molar-refractivity contribution in [3.63, 3.8) is 0 Å². The van der Waals surface area contributed by atoms with E-state index < -0.39 is 0 Å². The fraction of sp³-hybridized carbons (Fsp3) is 0.370. The number of methoxy groups -OCH3 is 1. The van der Waals surface area contributed by atoms with Crippen molar-refractivity contribution in [3.05, 3.63) is 71.3 Å². The van der Waals surface area contributed by atoms with Crippen molar-refractivity contribution >= 4 is 27.8 Å². The van der Waals surface area contributed by atoms with E-state index in [1.807, 2.05) is 18.2 Å². The molecule has 1 saturated heterocycles. The highest BCUT2D eigenvalue weighted by atomic mass is 19.1. The smallest absolute Gasteiger partial charge is 0.337 e. The maximum absolute atomic E-state index is 13.7. The lowest BCUT2D eigenvalue weighted by molar-refractivity contribution is 0.0601. The van der Waals surface area contributed by atoms with Gasteiger partial charge in [-0.1, -0.05) is 0 Å². The molecule has 172 valence electrons. The SMILES string of the molecule is COC(=O)c1ccc2[nH]cc(CCCCN3CCC(c4c[nH]c5ccc(F)cc45)CC3)c2c1. The number of likely N-dealkylation sites (tertiary alicyclic amines) is 1. The first-order valence-corrected chi connectivity index (χ1v) is 11.8. The minimum Gasteiger partial charge on any atom is -0.465 e. The summed E-state index contributed by atoms with van der Waals surface area (Å²) in [5.74, 6) is 0.0229. The van der Waals surface area contributed by atoms with Crippen LogP contribution in [0, 0.1) is 5.82 Å². The molecule has 0 unspecified atom stereocenters. The van der Waals surface area contributed by atoms with Gasteiger partial charge in [-0.25, -0.2) is 9.18 Å². The second-order valence-electron chi connectivity index (χ2n) is 9.07. The number of rotatable bonds is 7. The van der Waals surface area contributed by atoms with Crippen molar-refractivity contribution in [1.29, 1.82) is 0 Å². The number of piperidine rings is 1. The minimum absolute atomic E-state index is 0.169. The molecule has 0 spiro atoms. The second kappa shape index (κ2) is 9.40. The molecule has 2 N–H and O–H groups in total. The molecule has 5 nitrogen and oxygen atoms in total. The number of halogens is 1. The van der Waals surface area contributed by atoms with E-state index >= 15 is 0 Å². The molecule has 33 heavy (non-hydrogen) atoms. The van der Waals surface area contributed by atoms with E-state index in [1.165, 1.54) is 24.3 Å². The van der Waals surface area contributed by atoms with Gasteiger partial charge >= 0.3 is 5.97 Å². The molecule has 1 aliphatic rings. The average molecular weight is 448 g/mol. The largest absolute Gasteiger partial charge is 0.465 e. The Labute approximate surface area is 192 Å². The first kappa shape index (κ1) is 21.7. The van der Waals surface area contributed by atoms with Gasteiger partial charge in [0.05, 0.1) is 12.7 Å². The van der Waals surface area contributed by atoms with Crippen LogP contribution in [0.25, 0.3) is 21.8 Å². The number of esters is 1. The number of unbranched alkanes of at least 4 members (excludes halogenated alkanes) is 1. The van der Waals surface area contributed by atoms with Gasteiger partial charge in [0.25, 0.3) is 0 Å². The van der Waals surface area contributed by atoms with Crippen LogP contribution in [-0.2, 0) is 11.2 Å². The summed E-state index contributed by atoms with van der Waals surface area (Å²) in [5.41, 5.74) is 5.17. The highest BCUT2D eigenvalue weighted by Crippen LogP contribution is 2.33. The fourth-order valence-electron chi connectivity index (χ4n) is 5.20. The normalized spacial score (nSPS) is 15.5. The Bertz CT molecular complexity index is 1270. The molecule has 1 aliphatic heterocycles. The van der Waals surface area contributed by atoms with E-state index in [4.69, 9.17) is 4.74 Å². The molecule has 0 aliphatic carbocycles. The number of ether oxygens (including phenoxy) is 1. The number of carbonyl (C=O) groups excluding carboxylic acids is 1. The third-order valence-corrected chi connectivity index (χ3v) is 7.06. The van der Waals surface area contributed by atoms with Crippen molar-refractivity contribution in [2.45, 2.75) is 38.0 Å². The molecule has 0 saturated carbocycles. The van der Waals surface area contributed by atoms with Crippen LogP contribution in [0.2, 0.25) is 0 Å². The predicted octanol–water partition coefficient (Wildman–Crippen LogP) is 5.78. The first-order chi connectivity index (χ1) is 16.1. The Morgan fingerprint density at radius 3 is 2.61 bits per heavy atom. The molecule has 0 amide bonds. The Balaban J connectivity index is 1.12. The van der Waals surface area contributed by atoms with Crippen LogP contribution in [0.4, 0.5) is 4.39 Å². The maximum atomic E-state index is 13.7. The van der Waals surface area contributed by atoms with Crippen molar-refractivity contribution in [1.82, 2.24) is 14.9 Å². The van der Waals surface area contributed by atoms with Crippen molar-refractivity contribution in [2.24, 2.45) is 0 Å². The number of aromatic nitrogens is 2. The number of hydrogen-bond donors (Lipinski definition) is 2. The van der Waals surface area contributed by atoms with Gasteiger partial charge in [-0.15, -0.1) is 0 Å². The van der Waals surface area contributed by atoms with Gasteiger partial charge in [-0.05, 0) is 105 Å². The zero-order chi connectivity index (χ0) is 22.8. The number of H-pyrrole nitrogens is 2. The number of nitrogens with one attached hydrogen (secondary N) is 2. The molecule has 4 aromatic rings. The summed E-state index contributed by atoms with van der Waals surface area (Å²) in [6.45, 7) is 3.27. The number of benzene rings is 2. The Morgan fingerprint density at radius 1 is 1.03 bits per heavy atom. The lowest BCUT2D eigenvalue weighted by atomic mass is 9.89. The van der Waals surface area contributed by atoms with Gasteiger partial charge in [0, 0.05) is 34.2 Å². The van der Waals surface area contributed by atoms with Gasteiger partial charge < -0.3 is 19.6 Å². The van der Waals surface area contributed by atoms with Crippen LogP contribution in [0.3, 0.4) is 0 Å². The summed E-state index contributed by atoms with van der Waals surface area (Å²) in [6, 6.07) is 10.7. The monoisotopic (exact) mass is 447 g/mol. The highest BCUT2D eigenvalue weighted by Gasteiger charge is 2.22. The molecule has 0 atom stereocenters. The molecule has 0 radical (unpaired) electrons. The van der Waals surface area contributed by atoms with Gasteiger partial charge in [-0.3, -0.25) is 0 Å². The Morgan fingerprint density at radius 2 is 1.79 bits per heavy atom. The summed E-state index contributed by atoms with van der Waals surface area (Å²) in [6.07, 6.45) is 9.59. The molecule has 6 heteroatoms. The van der Waals surface area contributed by atoms with Crippen molar-refractivity contribution in [3.8, 4) is 0 Å². The second-order valence-corrected chi connectivity index (χ2v) is 9.07. The Kier molecular flexibility index (Phi) is 6.18. The van der Waals surface area contributed by atoms with E-state index in [-0.39, 0.29) is 11.8 Å². The number of hydrogen-bond acceptors (Lipinski definition) is 3. The van der Waals surface area contributed by atoms with Gasteiger partial charge in [-0.2, -0.15) is 0 Å². The minimum atomic E-state index is -0.301. The first-order valence-electron chi connectivity index (χ1n) is 11.8. The van der Waals surface area contributed by atoms with Crippen molar-refractivity contribution in [2.75, 3.05) is 26.7 Å². The fourth-order valence-corrected chi connectivity index (χ4v) is 5.20. The van der Waals surface area contributed by atoms with Crippen molar-refractivity contribution < 1.29 is 13.9 Å². The van der Waals surface area contributed by atoms with E-state index in [0.29, 0.717) is 11.5 Å². The molecule has 5 rings (SSSR count). The molecular formula is C27H30FN3O2. The molecule has 2 aromatic carbocycles. The highest BCUT2D eigenvalue weighted by molar-refractivity contribution is 5.95. The van der Waals surface area contributed by atoms with E-state index in [1.54, 1.807) is 12.1 Å². The van der Waals surface area contributed by atoms with E-state index in [0.717, 1.165) is 73.5 Å². The zero-order valence-corrected chi connectivity index (χ0v) is 19.0. The maximum Gasteiger partial charge on any atom is 0.337 e. The van der Waals surface area contributed by atoms with Gasteiger partial charge in [0.15, 0.2) is 0 Å². The summed E-state index contributed by atoms with van der Waals surface area (Å²) in [4.78, 5) is 21.0. The molecule has 0 bridgehead atoms. The van der Waals surface area contributed by atoms with Gasteiger partial charge in [0.1, 0.15) is 5.82 Å². The van der Waals surface area contributed by atoms with Crippen LogP contribution in [-0.4, -0.2) is 47.6 Å². The summed E-state index contributed by atoms with van der Waals surface area (Å²) < 4.78 is 18.6.